The zero-order valence-corrected chi connectivity index (χ0v) is 20.9. The number of benzene rings is 2. The SMILES string of the molecule is BC1(B)OC2CN(C(=O)c3ccc(OCC4CC(F)(F)C4)c(OC)c3)CCC2(c2cc(F)cc(F)c2)O1. The Bertz CT molecular complexity index is 1190. The van der Waals surface area contributed by atoms with Crippen molar-refractivity contribution in [3.63, 3.8) is 0 Å². The molecule has 0 bridgehead atoms. The molecule has 2 saturated heterocycles. The number of carbonyl (C=O) groups excluding carboxylic acids is 1. The number of rotatable bonds is 6. The van der Waals surface area contributed by atoms with Gasteiger partial charge in [-0.05, 0) is 35.9 Å². The van der Waals surface area contributed by atoms with Crippen molar-refractivity contribution in [2.75, 3.05) is 26.8 Å². The van der Waals surface area contributed by atoms with E-state index in [2.05, 4.69) is 0 Å². The first kappa shape index (κ1) is 25.9. The highest BCUT2D eigenvalue weighted by Crippen LogP contribution is 2.47. The average molecular weight is 519 g/mol. The molecule has 2 unspecified atom stereocenters. The van der Waals surface area contributed by atoms with E-state index < -0.39 is 34.8 Å². The van der Waals surface area contributed by atoms with Gasteiger partial charge in [0.1, 0.15) is 23.3 Å². The maximum Gasteiger partial charge on any atom is 0.254 e. The molecule has 3 fully saturated rings. The monoisotopic (exact) mass is 519 g/mol. The van der Waals surface area contributed by atoms with E-state index in [4.69, 9.17) is 18.9 Å². The third kappa shape index (κ3) is 5.05. The van der Waals surface area contributed by atoms with Crippen LogP contribution in [-0.4, -0.2) is 70.9 Å². The molecule has 0 spiro atoms. The molecular formula is C25H27B2F4NO5. The zero-order chi connectivity index (χ0) is 26.6. The lowest BCUT2D eigenvalue weighted by molar-refractivity contribution is -0.119. The Balaban J connectivity index is 1.32. The van der Waals surface area contributed by atoms with Crippen LogP contribution in [0.15, 0.2) is 36.4 Å². The molecule has 2 aromatic carbocycles. The van der Waals surface area contributed by atoms with E-state index in [0.29, 0.717) is 22.6 Å². The molecule has 37 heavy (non-hydrogen) atoms. The molecule has 0 N–H and O–H groups in total. The standard InChI is InChI=1S/C25H27B2F4NO5/c1-34-20-6-15(2-3-19(20)35-13-14-10-23(30,31)11-14)22(33)32-5-4-24(16-7-17(28)9-18(29)8-16)21(12-32)36-25(26,27)37-24/h2-3,6-9,14,21H,4-5,10-13,26-27H2,1H3. The van der Waals surface area contributed by atoms with Gasteiger partial charge in [-0.25, -0.2) is 17.6 Å². The van der Waals surface area contributed by atoms with E-state index in [1.165, 1.54) is 19.2 Å². The van der Waals surface area contributed by atoms with Crippen LogP contribution in [0.1, 0.15) is 35.2 Å². The number of ether oxygens (including phenoxy) is 4. The summed E-state index contributed by atoms with van der Waals surface area (Å²) in [6.45, 7) is 0.559. The Morgan fingerprint density at radius 1 is 1.11 bits per heavy atom. The first-order chi connectivity index (χ1) is 17.4. The lowest BCUT2D eigenvalue weighted by atomic mass is 9.76. The molecule has 5 rings (SSSR count). The summed E-state index contributed by atoms with van der Waals surface area (Å²) in [5.74, 6) is -3.86. The zero-order valence-electron chi connectivity index (χ0n) is 20.9. The van der Waals surface area contributed by atoms with Crippen LogP contribution in [0.2, 0.25) is 0 Å². The minimum atomic E-state index is -2.62. The fraction of sp³-hybridized carbons (Fsp3) is 0.480. The predicted molar refractivity (Wildman–Crippen MR) is 130 cm³/mol. The Kier molecular flexibility index (Phi) is 6.47. The summed E-state index contributed by atoms with van der Waals surface area (Å²) in [6, 6.07) is 8.02. The van der Waals surface area contributed by atoms with Gasteiger partial charge in [0, 0.05) is 43.4 Å². The molecule has 12 heteroatoms. The molecule has 2 aromatic rings. The van der Waals surface area contributed by atoms with E-state index in [-0.39, 0.29) is 50.8 Å². The summed E-state index contributed by atoms with van der Waals surface area (Å²) in [4.78, 5) is 15.0. The van der Waals surface area contributed by atoms with Crippen molar-refractivity contribution < 1.29 is 41.3 Å². The highest BCUT2D eigenvalue weighted by molar-refractivity contribution is 6.38. The van der Waals surface area contributed by atoms with Crippen molar-refractivity contribution in [3.8, 4) is 11.5 Å². The van der Waals surface area contributed by atoms with Crippen LogP contribution in [0, 0.1) is 17.6 Å². The molecule has 0 aromatic heterocycles. The summed E-state index contributed by atoms with van der Waals surface area (Å²) < 4.78 is 77.7. The second-order valence-corrected chi connectivity index (χ2v) is 10.5. The van der Waals surface area contributed by atoms with Crippen LogP contribution in [0.4, 0.5) is 17.6 Å². The van der Waals surface area contributed by atoms with E-state index in [1.807, 2.05) is 0 Å². The lowest BCUT2D eigenvalue weighted by Crippen LogP contribution is -2.53. The molecule has 3 aliphatic rings. The van der Waals surface area contributed by atoms with Crippen molar-refractivity contribution in [2.24, 2.45) is 5.92 Å². The van der Waals surface area contributed by atoms with Gasteiger partial charge < -0.3 is 23.8 Å². The predicted octanol–water partition coefficient (Wildman–Crippen LogP) is 2.43. The molecule has 1 saturated carbocycles. The van der Waals surface area contributed by atoms with Gasteiger partial charge >= 0.3 is 0 Å². The number of halogens is 4. The summed E-state index contributed by atoms with van der Waals surface area (Å²) in [7, 11) is 4.89. The van der Waals surface area contributed by atoms with Crippen LogP contribution >= 0.6 is 0 Å². The molecule has 1 amide bonds. The summed E-state index contributed by atoms with van der Waals surface area (Å²) in [5, 5.41) is 0. The van der Waals surface area contributed by atoms with Gasteiger partial charge in [0.15, 0.2) is 27.2 Å². The fourth-order valence-corrected chi connectivity index (χ4v) is 5.54. The third-order valence-electron chi connectivity index (χ3n) is 7.21. The Morgan fingerprint density at radius 3 is 2.46 bits per heavy atom. The molecule has 6 nitrogen and oxygen atoms in total. The average Bonchev–Trinajstić information content (AvgIpc) is 3.10. The Labute approximate surface area is 214 Å². The number of hydrogen-bond acceptors (Lipinski definition) is 5. The minimum Gasteiger partial charge on any atom is -0.493 e. The first-order valence-corrected chi connectivity index (χ1v) is 12.2. The topological polar surface area (TPSA) is 57.2 Å². The van der Waals surface area contributed by atoms with E-state index in [0.717, 1.165) is 6.07 Å². The minimum absolute atomic E-state index is 0.142. The maximum absolute atomic E-state index is 14.1. The number of carbonyl (C=O) groups is 1. The fourth-order valence-electron chi connectivity index (χ4n) is 5.54. The lowest BCUT2D eigenvalue weighted by Gasteiger charge is -2.42. The largest absolute Gasteiger partial charge is 0.493 e. The van der Waals surface area contributed by atoms with Gasteiger partial charge in [-0.3, -0.25) is 4.79 Å². The number of likely N-dealkylation sites (tertiary alicyclic amines) is 1. The first-order valence-electron chi connectivity index (χ1n) is 12.2. The molecule has 2 heterocycles. The molecule has 2 atom stereocenters. The van der Waals surface area contributed by atoms with Crippen LogP contribution in [-0.2, 0) is 15.1 Å². The van der Waals surface area contributed by atoms with Gasteiger partial charge in [0.2, 0.25) is 5.92 Å². The molecule has 196 valence electrons. The second-order valence-electron chi connectivity index (χ2n) is 10.5. The number of alkyl halides is 2. The number of amides is 1. The van der Waals surface area contributed by atoms with Gasteiger partial charge in [-0.1, -0.05) is 0 Å². The number of nitrogens with zero attached hydrogens (tertiary/aromatic N) is 1. The van der Waals surface area contributed by atoms with Crippen LogP contribution < -0.4 is 9.47 Å². The van der Waals surface area contributed by atoms with Gasteiger partial charge in [-0.2, -0.15) is 0 Å². The number of hydrogen-bond donors (Lipinski definition) is 0. The summed E-state index contributed by atoms with van der Waals surface area (Å²) >= 11 is 0. The van der Waals surface area contributed by atoms with Crippen molar-refractivity contribution >= 4 is 21.6 Å². The molecule has 0 radical (unpaired) electrons. The molecule has 2 aliphatic heterocycles. The van der Waals surface area contributed by atoms with Crippen molar-refractivity contribution in [1.29, 1.82) is 0 Å². The molecular weight excluding hydrogens is 492 g/mol. The summed E-state index contributed by atoms with van der Waals surface area (Å²) in [5.41, 5.74) is -1.43. The van der Waals surface area contributed by atoms with Gasteiger partial charge in [-0.15, -0.1) is 0 Å². The van der Waals surface area contributed by atoms with Crippen LogP contribution in [0.3, 0.4) is 0 Å². The third-order valence-corrected chi connectivity index (χ3v) is 7.21. The van der Waals surface area contributed by atoms with Crippen molar-refractivity contribution in [2.45, 2.75) is 42.5 Å². The van der Waals surface area contributed by atoms with Crippen molar-refractivity contribution in [3.05, 3.63) is 59.2 Å². The van der Waals surface area contributed by atoms with Gasteiger partial charge in [0.25, 0.3) is 5.91 Å². The summed E-state index contributed by atoms with van der Waals surface area (Å²) in [6.07, 6.45) is -0.769. The second kappa shape index (κ2) is 9.23. The quantitative estimate of drug-likeness (QED) is 0.434. The van der Waals surface area contributed by atoms with E-state index in [1.54, 1.807) is 38.8 Å². The highest BCUT2D eigenvalue weighted by Gasteiger charge is 2.57. The maximum atomic E-state index is 14.1. The van der Waals surface area contributed by atoms with E-state index in [9.17, 15) is 22.4 Å². The highest BCUT2D eigenvalue weighted by atomic mass is 19.3. The number of piperidine rings is 1. The molecule has 1 aliphatic carbocycles. The number of fused-ring (bicyclic) bond motifs is 1. The normalized spacial score (nSPS) is 26.3. The van der Waals surface area contributed by atoms with Crippen LogP contribution in [0.5, 0.6) is 11.5 Å². The Hall–Kier alpha value is -2.72. The van der Waals surface area contributed by atoms with Gasteiger partial charge in [0.05, 0.1) is 25.8 Å². The Morgan fingerprint density at radius 2 is 1.81 bits per heavy atom. The number of methoxy groups -OCH3 is 1. The smallest absolute Gasteiger partial charge is 0.254 e. The van der Waals surface area contributed by atoms with Crippen LogP contribution in [0.25, 0.3) is 0 Å². The van der Waals surface area contributed by atoms with E-state index >= 15 is 0 Å². The van der Waals surface area contributed by atoms with Crippen molar-refractivity contribution in [1.82, 2.24) is 4.90 Å².